The third kappa shape index (κ3) is 4.19. The van der Waals surface area contributed by atoms with E-state index < -0.39 is 71.0 Å². The smallest absolute Gasteiger partial charge is 0.515 e. The van der Waals surface area contributed by atoms with Crippen LogP contribution in [-0.2, 0) is 0 Å². The van der Waals surface area contributed by atoms with Gasteiger partial charge >= 0.3 is 34.9 Å². The van der Waals surface area contributed by atoms with Gasteiger partial charge in [0.25, 0.3) is 11.6 Å². The van der Waals surface area contributed by atoms with Gasteiger partial charge in [-0.05, 0) is 34.5 Å². The minimum Gasteiger partial charge on any atom is -0.690 e. The Morgan fingerprint density at radius 1 is 0.457 bits per heavy atom. The molecule has 27 nitrogen and oxygen atoms in total. The lowest BCUT2D eigenvalue weighted by Gasteiger charge is -2.00. The third-order valence-electron chi connectivity index (χ3n) is 3.26. The molecule has 0 radical (unpaired) electrons. The van der Waals surface area contributed by atoms with E-state index in [4.69, 9.17) is 0 Å². The molecule has 0 aliphatic heterocycles. The van der Waals surface area contributed by atoms with E-state index in [0.717, 1.165) is 0 Å². The highest BCUT2D eigenvalue weighted by molar-refractivity contribution is 5.47. The van der Waals surface area contributed by atoms with Crippen LogP contribution in [0, 0.1) is 35.9 Å². The molecule has 0 aliphatic carbocycles. The summed E-state index contributed by atoms with van der Waals surface area (Å²) in [5.41, 5.74) is 0. The van der Waals surface area contributed by atoms with E-state index in [1.54, 1.807) is 0 Å². The van der Waals surface area contributed by atoms with Gasteiger partial charge in [-0.15, -0.1) is 19.2 Å². The van der Waals surface area contributed by atoms with Crippen LogP contribution in [0.15, 0.2) is 33.9 Å². The monoisotopic (exact) mass is 496 g/mol. The van der Waals surface area contributed by atoms with Gasteiger partial charge in [-0.25, -0.2) is 4.63 Å². The molecule has 0 amide bonds. The predicted molar refractivity (Wildman–Crippen MR) is 86.6 cm³/mol. The lowest BCUT2D eigenvalue weighted by atomic mass is 10.6. The molecule has 35 heavy (non-hydrogen) atoms. The van der Waals surface area contributed by atoms with E-state index in [9.17, 15) is 35.9 Å². The molecule has 0 N–H and O–H groups in total. The van der Waals surface area contributed by atoms with E-state index in [-0.39, 0.29) is 0 Å². The highest BCUT2D eigenvalue weighted by Crippen LogP contribution is 2.31. The molecular weight excluding hydrogens is 496 g/mol. The molecule has 0 unspecified atom stereocenters. The number of azo groups is 3. The molecule has 27 heteroatoms. The van der Waals surface area contributed by atoms with Gasteiger partial charge in [0.05, 0.1) is 0 Å². The lowest BCUT2D eigenvalue weighted by molar-refractivity contribution is -0.462. The summed E-state index contributed by atoms with van der Waals surface area (Å²) in [7, 11) is 0. The van der Waals surface area contributed by atoms with Crippen molar-refractivity contribution in [3.8, 4) is 0 Å². The lowest BCUT2D eigenvalue weighted by Crippen LogP contribution is -1.98. The van der Waals surface area contributed by atoms with Crippen LogP contribution in [0.5, 0.6) is 0 Å². The van der Waals surface area contributed by atoms with Crippen LogP contribution in [0.1, 0.15) is 0 Å². The Balaban J connectivity index is 1.65. The van der Waals surface area contributed by atoms with Gasteiger partial charge in [0.2, 0.25) is 20.6 Å². The molecule has 4 aromatic rings. The van der Waals surface area contributed by atoms with Crippen LogP contribution in [0.25, 0.3) is 0 Å². The Hall–Kier alpha value is -6.44. The van der Waals surface area contributed by atoms with Crippen molar-refractivity contribution in [3.63, 3.8) is 0 Å². The Morgan fingerprint density at radius 3 is 1.26 bits per heavy atom. The van der Waals surface area contributed by atoms with E-state index in [1.165, 1.54) is 0 Å². The highest BCUT2D eigenvalue weighted by Gasteiger charge is 2.35. The second-order valence-corrected chi connectivity index (χ2v) is 5.28. The summed E-state index contributed by atoms with van der Waals surface area (Å²) >= 11 is 0. The molecule has 0 saturated heterocycles. The largest absolute Gasteiger partial charge is 0.690 e. The summed E-state index contributed by atoms with van der Waals surface area (Å²) in [6.45, 7) is 0. The van der Waals surface area contributed by atoms with Crippen LogP contribution >= 0.6 is 0 Å². The maximum atomic E-state index is 12.3. The molecule has 0 aliphatic rings. The van der Waals surface area contributed by atoms with Crippen molar-refractivity contribution < 1.29 is 42.9 Å². The summed E-state index contributed by atoms with van der Waals surface area (Å²) in [4.78, 5) is 18.1. The van der Waals surface area contributed by atoms with Crippen molar-refractivity contribution >= 4 is 46.5 Å². The van der Waals surface area contributed by atoms with Crippen molar-refractivity contribution in [2.75, 3.05) is 0 Å². The highest BCUT2D eigenvalue weighted by atomic mass is 16.7. The van der Waals surface area contributed by atoms with Gasteiger partial charge in [0.15, 0.2) is 5.16 Å². The fourth-order valence-electron chi connectivity index (χ4n) is 1.90. The summed E-state index contributed by atoms with van der Waals surface area (Å²) in [6.07, 6.45) is 0. The molecule has 4 heterocycles. The quantitative estimate of drug-likeness (QED) is 0.141. The number of nitrogens with zero attached hydrogens (tertiary/aromatic N) is 16. The number of nitro groups is 2. The van der Waals surface area contributed by atoms with Gasteiger partial charge in [0, 0.05) is 5.16 Å². The van der Waals surface area contributed by atoms with Gasteiger partial charge in [-0.1, -0.05) is 10.2 Å². The Morgan fingerprint density at radius 2 is 0.771 bits per heavy atom. The number of hydrogen-bond donors (Lipinski definition) is 0. The maximum Gasteiger partial charge on any atom is 0.515 e. The Bertz CT molecular complexity index is 1500. The van der Waals surface area contributed by atoms with Crippen LogP contribution in [-0.4, -0.2) is 65.7 Å². The molecule has 0 atom stereocenters. The van der Waals surface area contributed by atoms with Crippen molar-refractivity contribution in [1.82, 2.24) is 41.3 Å². The predicted octanol–water partition coefficient (Wildman–Crippen LogP) is 0.812. The molecule has 4 rings (SSSR count). The third-order valence-corrected chi connectivity index (χ3v) is 3.26. The maximum absolute atomic E-state index is 12.3. The fourth-order valence-corrected chi connectivity index (χ4v) is 1.90. The first-order valence-corrected chi connectivity index (χ1v) is 7.92. The first-order valence-electron chi connectivity index (χ1n) is 7.92. The SMILES string of the molecule is O=[N+]([O-])c1nonc1[N+]([O-])=Nc1nonc1N=[N+]([O-])c1nonc1N=[N+]([O-])c1nonc1[N+](=O)[O-]. The van der Waals surface area contributed by atoms with Crippen LogP contribution in [0.2, 0.25) is 0 Å². The zero-order valence-corrected chi connectivity index (χ0v) is 15.6. The second kappa shape index (κ2) is 8.60. The standard InChI is InChI=1S/C8N16O11/c25-20(4-3(14-33-15-4)11-22(27)6-8(24(30)31)19-35-17-6)9-1-2(13-32-12-1)10-21(26)5-7(23(28)29)18-34-16-5. The molecule has 0 saturated carbocycles. The summed E-state index contributed by atoms with van der Waals surface area (Å²) < 4.78 is 16.7. The fraction of sp³-hybridized carbons (Fsp3) is 0. The molecule has 4 aromatic heterocycles. The molecular formula is C8N16O11. The normalized spacial score (nSPS) is 12.7. The van der Waals surface area contributed by atoms with Crippen molar-refractivity contribution in [1.29, 1.82) is 0 Å². The van der Waals surface area contributed by atoms with Gasteiger partial charge < -0.3 is 35.9 Å². The number of rotatable bonds is 8. The minimum atomic E-state index is -1.10. The second-order valence-electron chi connectivity index (χ2n) is 5.28. The molecule has 178 valence electrons. The van der Waals surface area contributed by atoms with Gasteiger partial charge in [-0.2, -0.15) is 0 Å². The first kappa shape index (κ1) is 21.8. The van der Waals surface area contributed by atoms with Gasteiger partial charge in [0.1, 0.15) is 0 Å². The first-order chi connectivity index (χ1) is 16.8. The Kier molecular flexibility index (Phi) is 5.35. The summed E-state index contributed by atoms with van der Waals surface area (Å²) in [5.74, 6) is -7.53. The van der Waals surface area contributed by atoms with E-state index in [2.05, 4.69) is 75.1 Å². The van der Waals surface area contributed by atoms with Crippen molar-refractivity contribution in [2.24, 2.45) is 15.3 Å². The van der Waals surface area contributed by atoms with E-state index in [0.29, 0.717) is 0 Å². The summed E-state index contributed by atoms with van der Waals surface area (Å²) in [6, 6.07) is 0. The average molecular weight is 496 g/mol. The van der Waals surface area contributed by atoms with Crippen molar-refractivity contribution in [3.05, 3.63) is 35.9 Å². The minimum absolute atomic E-state index is 0.396. The number of aromatic nitrogens is 8. The summed E-state index contributed by atoms with van der Waals surface area (Å²) in [5, 5.41) is 92.1. The number of hydrogen-bond acceptors (Lipinski definition) is 22. The van der Waals surface area contributed by atoms with Crippen molar-refractivity contribution in [2.45, 2.75) is 0 Å². The Labute approximate surface area is 183 Å². The van der Waals surface area contributed by atoms with E-state index >= 15 is 0 Å². The van der Waals surface area contributed by atoms with Crippen LogP contribution in [0.3, 0.4) is 0 Å². The molecule has 0 spiro atoms. The molecule has 0 aromatic carbocycles. The molecule has 0 bridgehead atoms. The molecule has 0 fully saturated rings. The zero-order chi connectivity index (χ0) is 25.1. The zero-order valence-electron chi connectivity index (χ0n) is 15.6. The average Bonchev–Trinajstić information content (AvgIpc) is 3.59. The topological polar surface area (TPSA) is 357 Å². The van der Waals surface area contributed by atoms with E-state index in [1.807, 2.05) is 0 Å². The van der Waals surface area contributed by atoms with Gasteiger partial charge in [-0.3, -0.25) is 0 Å². The van der Waals surface area contributed by atoms with Crippen LogP contribution < -0.4 is 0 Å². The van der Waals surface area contributed by atoms with Crippen LogP contribution in [0.4, 0.5) is 46.5 Å².